The molecule has 2 fully saturated rings. The largest absolute Gasteiger partial charge is 0.502 e. The number of carbonyl (C=O) groups is 2. The van der Waals surface area contributed by atoms with Gasteiger partial charge in [0.15, 0.2) is 22.9 Å². The summed E-state index contributed by atoms with van der Waals surface area (Å²) in [5.74, 6) is -2.74. The first-order valence-electron chi connectivity index (χ1n) is 23.3. The molecular formula is C54H40F2N6O8S2. The lowest BCUT2D eigenvalue weighted by Crippen LogP contribution is -2.66. The average Bonchev–Trinajstić information content (AvgIpc) is 4.05. The van der Waals surface area contributed by atoms with Crippen molar-refractivity contribution in [2.75, 3.05) is 49.5 Å². The summed E-state index contributed by atoms with van der Waals surface area (Å²) < 4.78 is 45.9. The molecule has 14 rings (SSSR count). The van der Waals surface area contributed by atoms with Gasteiger partial charge in [-0.2, -0.15) is 0 Å². The summed E-state index contributed by atoms with van der Waals surface area (Å²) in [6.45, 7) is 1.75. The number of pyridine rings is 2. The lowest BCUT2D eigenvalue weighted by molar-refractivity contribution is -0.0197. The number of halogens is 2. The number of rotatable bonds is 2. The molecule has 0 unspecified atom stereocenters. The summed E-state index contributed by atoms with van der Waals surface area (Å²) in [5, 5.41) is 29.2. The minimum Gasteiger partial charge on any atom is -0.502 e. The molecule has 4 aliphatic heterocycles. The van der Waals surface area contributed by atoms with Crippen molar-refractivity contribution in [1.29, 1.82) is 0 Å². The van der Waals surface area contributed by atoms with Crippen LogP contribution in [-0.4, -0.2) is 93.0 Å². The number of carbonyl (C=O) groups excluding carboxylic acids is 2. The van der Waals surface area contributed by atoms with Crippen molar-refractivity contribution in [2.45, 2.75) is 24.4 Å². The quantitative estimate of drug-likeness (QED) is 0.175. The molecule has 6 aliphatic rings. The minimum atomic E-state index is -0.629. The van der Waals surface area contributed by atoms with Gasteiger partial charge < -0.3 is 29.5 Å². The first-order valence-corrected chi connectivity index (χ1v) is 25.0. The Morgan fingerprint density at radius 3 is 1.36 bits per heavy atom. The molecule has 72 heavy (non-hydrogen) atoms. The van der Waals surface area contributed by atoms with E-state index in [2.05, 4.69) is 0 Å². The third kappa shape index (κ3) is 6.42. The molecule has 0 spiro atoms. The molecule has 14 nitrogen and oxygen atoms in total. The van der Waals surface area contributed by atoms with Gasteiger partial charge in [-0.3, -0.25) is 38.5 Å². The maximum atomic E-state index is 15.6. The topological polar surface area (TPSA) is 150 Å². The second-order valence-electron chi connectivity index (χ2n) is 18.0. The van der Waals surface area contributed by atoms with E-state index in [4.69, 9.17) is 9.47 Å². The number of ether oxygens (including phenoxy) is 2. The number of nitrogens with zero attached hydrogens (tertiary/aromatic N) is 6. The van der Waals surface area contributed by atoms with Crippen LogP contribution in [0.2, 0.25) is 0 Å². The zero-order chi connectivity index (χ0) is 49.1. The lowest BCUT2D eigenvalue weighted by atomic mass is 9.92. The van der Waals surface area contributed by atoms with Gasteiger partial charge in [0.05, 0.1) is 38.5 Å². The number of hydrogen-bond donors (Lipinski definition) is 2. The summed E-state index contributed by atoms with van der Waals surface area (Å²) >= 11 is 3.11. The molecule has 0 saturated carbocycles. The van der Waals surface area contributed by atoms with Crippen molar-refractivity contribution in [1.82, 2.24) is 19.2 Å². The first-order chi connectivity index (χ1) is 35.1. The molecule has 18 heteroatoms. The summed E-state index contributed by atoms with van der Waals surface area (Å²) in [5.41, 5.74) is 6.41. The van der Waals surface area contributed by atoms with Crippen LogP contribution < -0.4 is 20.9 Å². The normalized spacial score (nSPS) is 20.1. The van der Waals surface area contributed by atoms with Gasteiger partial charge in [0.1, 0.15) is 24.0 Å². The Kier molecular flexibility index (Phi) is 10.3. The second-order valence-corrected chi connectivity index (χ2v) is 19.9. The van der Waals surface area contributed by atoms with E-state index in [-0.39, 0.29) is 36.2 Å². The van der Waals surface area contributed by atoms with Crippen LogP contribution in [0, 0.1) is 11.6 Å². The van der Waals surface area contributed by atoms with E-state index < -0.39 is 58.6 Å². The SMILES string of the molecule is O=C1c2c(O)c(=O)ccn2N([C@@H]2c3ccccc3-c3sccc3-c3c(F)cccc32)[C@@H]2COCCN12.O=C1c2c(O)c(=O)ccn2N([C@H]2c3ccccc3-c3sccc3-c3c(F)cccc32)[C@H]2COCCN12. The van der Waals surface area contributed by atoms with Gasteiger partial charge in [-0.15, -0.1) is 22.7 Å². The molecule has 2 saturated heterocycles. The van der Waals surface area contributed by atoms with Crippen LogP contribution in [0.5, 0.6) is 11.5 Å². The molecule has 2 aliphatic carbocycles. The van der Waals surface area contributed by atoms with Gasteiger partial charge in [0, 0.05) is 69.6 Å². The average molecular weight is 1000 g/mol. The molecule has 4 aromatic carbocycles. The Morgan fingerprint density at radius 2 is 0.917 bits per heavy atom. The molecule has 2 N–H and O–H groups in total. The zero-order valence-electron chi connectivity index (χ0n) is 37.9. The van der Waals surface area contributed by atoms with Crippen LogP contribution >= 0.6 is 22.7 Å². The van der Waals surface area contributed by atoms with Crippen LogP contribution in [0.15, 0.2) is 142 Å². The Morgan fingerprint density at radius 1 is 0.500 bits per heavy atom. The smallest absolute Gasteiger partial charge is 0.278 e. The van der Waals surface area contributed by atoms with Gasteiger partial charge in [0.25, 0.3) is 11.8 Å². The second kappa shape index (κ2) is 16.9. The fourth-order valence-corrected chi connectivity index (χ4v) is 13.3. The molecule has 4 aromatic heterocycles. The molecular weight excluding hydrogens is 963 g/mol. The summed E-state index contributed by atoms with van der Waals surface area (Å²) in [7, 11) is 0. The van der Waals surface area contributed by atoms with E-state index >= 15 is 8.78 Å². The van der Waals surface area contributed by atoms with Gasteiger partial charge in [-0.05, 0) is 68.4 Å². The van der Waals surface area contributed by atoms with Crippen molar-refractivity contribution >= 4 is 34.5 Å². The van der Waals surface area contributed by atoms with Crippen molar-refractivity contribution < 1.29 is 38.1 Å². The predicted octanol–water partition coefficient (Wildman–Crippen LogP) is 7.88. The van der Waals surface area contributed by atoms with E-state index in [0.717, 1.165) is 54.3 Å². The number of aromatic hydroxyl groups is 2. The van der Waals surface area contributed by atoms with Crippen molar-refractivity contribution in [2.24, 2.45) is 0 Å². The maximum Gasteiger partial charge on any atom is 0.278 e. The highest BCUT2D eigenvalue weighted by atomic mass is 32.1. The third-order valence-electron chi connectivity index (χ3n) is 14.4. The fourth-order valence-electron chi connectivity index (χ4n) is 11.4. The molecule has 0 radical (unpaired) electrons. The summed E-state index contributed by atoms with van der Waals surface area (Å²) in [4.78, 5) is 56.8. The Labute approximate surface area is 416 Å². The number of hydrogen-bond acceptors (Lipinski definition) is 12. The van der Waals surface area contributed by atoms with Gasteiger partial charge in [-0.25, -0.2) is 8.78 Å². The van der Waals surface area contributed by atoms with E-state index in [0.29, 0.717) is 37.4 Å². The highest BCUT2D eigenvalue weighted by molar-refractivity contribution is 7.14. The molecule has 360 valence electrons. The Bertz CT molecular complexity index is 3460. The first kappa shape index (κ1) is 44.1. The highest BCUT2D eigenvalue weighted by Crippen LogP contribution is 2.52. The van der Waals surface area contributed by atoms with E-state index in [9.17, 15) is 29.4 Å². The molecule has 8 aromatic rings. The minimum absolute atomic E-state index is 0.102. The highest BCUT2D eigenvalue weighted by Gasteiger charge is 2.48. The van der Waals surface area contributed by atoms with Crippen molar-refractivity contribution in [3.05, 3.63) is 198 Å². The van der Waals surface area contributed by atoms with Gasteiger partial charge in [0.2, 0.25) is 10.9 Å². The van der Waals surface area contributed by atoms with Gasteiger partial charge in [-0.1, -0.05) is 72.8 Å². The molecule has 0 bridgehead atoms. The van der Waals surface area contributed by atoms with Crippen LogP contribution in [0.4, 0.5) is 8.78 Å². The number of morpholine rings is 2. The van der Waals surface area contributed by atoms with Crippen LogP contribution in [-0.2, 0) is 9.47 Å². The number of amides is 2. The van der Waals surface area contributed by atoms with Gasteiger partial charge >= 0.3 is 0 Å². The third-order valence-corrected chi connectivity index (χ3v) is 16.3. The molecule has 8 heterocycles. The lowest BCUT2D eigenvalue weighted by Gasteiger charge is -2.51. The summed E-state index contributed by atoms with van der Waals surface area (Å²) in [6.07, 6.45) is 1.93. The Balaban J connectivity index is 0.000000140. The van der Waals surface area contributed by atoms with Crippen LogP contribution in [0.3, 0.4) is 0 Å². The number of fused-ring (bicyclic) bond motifs is 14. The molecule has 4 atom stereocenters. The van der Waals surface area contributed by atoms with E-state index in [1.807, 2.05) is 93.6 Å². The van der Waals surface area contributed by atoms with E-state index in [1.54, 1.807) is 54.0 Å². The molecule has 2 amide bonds. The standard InChI is InChI=1S/2C27H20FN3O4S/c2*28-19-7-3-6-17-22(19)18-9-13-36-26(18)16-5-2-1-4-15(16)23(17)31-21-14-35-12-11-29(21)27(34)24-25(33)20(32)8-10-30(24)31/h2*1-10,13,21,23,33H,11-12,14H2/t2*21-,23-/m10/s1. The monoisotopic (exact) mass is 1000 g/mol. The van der Waals surface area contributed by atoms with Crippen molar-refractivity contribution in [3.63, 3.8) is 0 Å². The fraction of sp³-hybridized carbons (Fsp3) is 0.185. The zero-order valence-corrected chi connectivity index (χ0v) is 39.5. The number of benzene rings is 4. The predicted molar refractivity (Wildman–Crippen MR) is 266 cm³/mol. The van der Waals surface area contributed by atoms with E-state index in [1.165, 1.54) is 36.7 Å². The van der Waals surface area contributed by atoms with Crippen LogP contribution in [0.1, 0.15) is 55.3 Å². The number of aromatic nitrogens is 2. The van der Waals surface area contributed by atoms with Crippen molar-refractivity contribution in [3.8, 4) is 54.6 Å². The Hall–Kier alpha value is -7.90. The number of thiophene rings is 2. The summed E-state index contributed by atoms with van der Waals surface area (Å²) in [6, 6.07) is 31.2. The maximum absolute atomic E-state index is 15.6. The van der Waals surface area contributed by atoms with Crippen LogP contribution in [0.25, 0.3) is 43.1 Å².